The zero-order valence-corrected chi connectivity index (χ0v) is 18.3. The predicted octanol–water partition coefficient (Wildman–Crippen LogP) is 3.30. The molecule has 0 radical (unpaired) electrons. The van der Waals surface area contributed by atoms with Gasteiger partial charge in [-0.05, 0) is 23.8 Å². The van der Waals surface area contributed by atoms with Crippen LogP contribution in [0.4, 0.5) is 10.2 Å². The quantitative estimate of drug-likeness (QED) is 0.383. The number of aldehydes is 1. The van der Waals surface area contributed by atoms with Crippen molar-refractivity contribution in [1.29, 1.82) is 0 Å². The second-order valence-corrected chi connectivity index (χ2v) is 8.32. The Morgan fingerprint density at radius 3 is 2.66 bits per heavy atom. The highest BCUT2D eigenvalue weighted by Crippen LogP contribution is 2.43. The third-order valence-corrected chi connectivity index (χ3v) is 6.29. The lowest BCUT2D eigenvalue weighted by atomic mass is 9.84. The molecule has 172 valence electrons. The fourth-order valence-electron chi connectivity index (χ4n) is 4.54. The minimum Gasteiger partial charge on any atom is -0.378 e. The first kappa shape index (κ1) is 21.1. The molecule has 9 heteroatoms. The zero-order chi connectivity index (χ0) is 24.0. The summed E-state index contributed by atoms with van der Waals surface area (Å²) in [5.41, 5.74) is 0.861. The van der Waals surface area contributed by atoms with Crippen LogP contribution in [0.1, 0.15) is 16.7 Å². The van der Waals surface area contributed by atoms with Gasteiger partial charge in [0.2, 0.25) is 0 Å². The molecular formula is C26H19FN6O2. The first-order valence-corrected chi connectivity index (χ1v) is 11.0. The van der Waals surface area contributed by atoms with E-state index in [9.17, 15) is 14.3 Å². The summed E-state index contributed by atoms with van der Waals surface area (Å²) in [6, 6.07) is 18.1. The van der Waals surface area contributed by atoms with Gasteiger partial charge in [0, 0.05) is 18.0 Å². The molecule has 35 heavy (non-hydrogen) atoms. The first-order valence-electron chi connectivity index (χ1n) is 11.0. The maximum atomic E-state index is 14.3. The smallest absolute Gasteiger partial charge is 0.182 e. The molecule has 0 fully saturated rings. The van der Waals surface area contributed by atoms with Gasteiger partial charge >= 0.3 is 0 Å². The van der Waals surface area contributed by atoms with Gasteiger partial charge in [0.1, 0.15) is 35.3 Å². The Labute approximate surface area is 199 Å². The Hall–Kier alpha value is -4.50. The maximum Gasteiger partial charge on any atom is 0.182 e. The molecule has 0 aliphatic carbocycles. The molecule has 0 spiro atoms. The fraction of sp³-hybridized carbons (Fsp3) is 0.115. The van der Waals surface area contributed by atoms with Crippen molar-refractivity contribution in [3.63, 3.8) is 0 Å². The van der Waals surface area contributed by atoms with Crippen LogP contribution in [-0.2, 0) is 16.9 Å². The normalized spacial score (nSPS) is 18.9. The SMILES string of the molecule is O=CC1Nc2nc(-c3nn(Cc4ccccc4F)c4ncccc34)ncc2C1(O)c1ccccc1. The van der Waals surface area contributed by atoms with Crippen LogP contribution in [0.25, 0.3) is 22.6 Å². The van der Waals surface area contributed by atoms with Gasteiger partial charge in [-0.2, -0.15) is 5.10 Å². The van der Waals surface area contributed by atoms with Crippen molar-refractivity contribution in [3.8, 4) is 11.5 Å². The second-order valence-electron chi connectivity index (χ2n) is 8.32. The second kappa shape index (κ2) is 8.07. The van der Waals surface area contributed by atoms with Crippen molar-refractivity contribution in [2.45, 2.75) is 18.2 Å². The number of anilines is 1. The van der Waals surface area contributed by atoms with Crippen molar-refractivity contribution in [3.05, 3.63) is 102 Å². The molecule has 1 aliphatic heterocycles. The number of carbonyl (C=O) groups is 1. The van der Waals surface area contributed by atoms with Gasteiger partial charge in [0.05, 0.1) is 17.5 Å². The standard InChI is InChI=1S/C26H19FN6O2/c27-20-11-5-4-7-16(20)14-33-25-18(10-6-12-28-25)22(32-33)24-29-13-19-23(31-24)30-21(15-34)26(19,35)17-8-2-1-3-9-17/h1-13,15,21,35H,14H2,(H,29,30,31). The number of halogens is 1. The largest absolute Gasteiger partial charge is 0.378 e. The van der Waals surface area contributed by atoms with E-state index in [0.29, 0.717) is 51.3 Å². The van der Waals surface area contributed by atoms with Gasteiger partial charge in [-0.1, -0.05) is 48.5 Å². The third kappa shape index (κ3) is 3.28. The number of fused-ring (bicyclic) bond motifs is 2. The number of benzene rings is 2. The van der Waals surface area contributed by atoms with E-state index in [1.165, 1.54) is 12.3 Å². The van der Waals surface area contributed by atoms with Crippen molar-refractivity contribution in [1.82, 2.24) is 24.7 Å². The Bertz CT molecular complexity index is 1570. The fourth-order valence-corrected chi connectivity index (χ4v) is 4.54. The predicted molar refractivity (Wildman–Crippen MR) is 127 cm³/mol. The van der Waals surface area contributed by atoms with E-state index >= 15 is 0 Å². The molecule has 2 N–H and O–H groups in total. The summed E-state index contributed by atoms with van der Waals surface area (Å²) in [4.78, 5) is 25.4. The Kier molecular flexibility index (Phi) is 4.85. The number of pyridine rings is 1. The van der Waals surface area contributed by atoms with Crippen LogP contribution in [0, 0.1) is 5.82 Å². The van der Waals surface area contributed by atoms with E-state index < -0.39 is 11.6 Å². The van der Waals surface area contributed by atoms with Crippen LogP contribution in [0.15, 0.2) is 79.1 Å². The highest BCUT2D eigenvalue weighted by atomic mass is 19.1. The molecule has 0 bridgehead atoms. The lowest BCUT2D eigenvalue weighted by molar-refractivity contribution is -0.112. The van der Waals surface area contributed by atoms with Gasteiger partial charge in [-0.25, -0.2) is 24.0 Å². The average Bonchev–Trinajstić information content (AvgIpc) is 3.41. The minimum absolute atomic E-state index is 0.185. The van der Waals surface area contributed by atoms with Crippen LogP contribution >= 0.6 is 0 Å². The van der Waals surface area contributed by atoms with Crippen LogP contribution in [0.3, 0.4) is 0 Å². The molecule has 1 aliphatic rings. The number of nitrogens with one attached hydrogen (secondary N) is 1. The summed E-state index contributed by atoms with van der Waals surface area (Å²) in [5, 5.41) is 19.9. The van der Waals surface area contributed by atoms with Crippen LogP contribution in [-0.4, -0.2) is 42.2 Å². The summed E-state index contributed by atoms with van der Waals surface area (Å²) >= 11 is 0. The topological polar surface area (TPSA) is 106 Å². The monoisotopic (exact) mass is 466 g/mol. The summed E-state index contributed by atoms with van der Waals surface area (Å²) in [5.74, 6) is 0.314. The number of carbonyl (C=O) groups excluding carboxylic acids is 1. The van der Waals surface area contributed by atoms with Crippen LogP contribution in [0.5, 0.6) is 0 Å². The lowest BCUT2D eigenvalue weighted by Crippen LogP contribution is -2.41. The number of rotatable bonds is 5. The van der Waals surface area contributed by atoms with Gasteiger partial charge in [-0.3, -0.25) is 0 Å². The van der Waals surface area contributed by atoms with Crippen molar-refractivity contribution in [2.24, 2.45) is 0 Å². The number of hydrogen-bond acceptors (Lipinski definition) is 7. The van der Waals surface area contributed by atoms with E-state index in [0.717, 1.165) is 0 Å². The van der Waals surface area contributed by atoms with Gasteiger partial charge in [0.15, 0.2) is 11.5 Å². The van der Waals surface area contributed by atoms with Crippen molar-refractivity contribution >= 4 is 23.1 Å². The van der Waals surface area contributed by atoms with E-state index in [4.69, 9.17) is 0 Å². The first-order chi connectivity index (χ1) is 17.1. The molecule has 0 saturated carbocycles. The Balaban J connectivity index is 1.46. The number of aromatic nitrogens is 5. The summed E-state index contributed by atoms with van der Waals surface area (Å²) in [7, 11) is 0. The third-order valence-electron chi connectivity index (χ3n) is 6.29. The van der Waals surface area contributed by atoms with E-state index in [2.05, 4.69) is 25.4 Å². The molecule has 5 aromatic rings. The number of hydrogen-bond donors (Lipinski definition) is 2. The van der Waals surface area contributed by atoms with Crippen molar-refractivity contribution < 1.29 is 14.3 Å². The molecule has 3 aromatic heterocycles. The minimum atomic E-state index is -1.61. The molecule has 0 saturated heterocycles. The van der Waals surface area contributed by atoms with E-state index in [1.54, 1.807) is 59.4 Å². The molecular weight excluding hydrogens is 447 g/mol. The molecule has 8 nitrogen and oxygen atoms in total. The molecule has 2 atom stereocenters. The van der Waals surface area contributed by atoms with Crippen LogP contribution in [0.2, 0.25) is 0 Å². The summed E-state index contributed by atoms with van der Waals surface area (Å²) in [6.45, 7) is 0.185. The van der Waals surface area contributed by atoms with Gasteiger partial charge < -0.3 is 15.2 Å². The lowest BCUT2D eigenvalue weighted by Gasteiger charge is -2.27. The molecule has 6 rings (SSSR count). The summed E-state index contributed by atoms with van der Waals surface area (Å²) in [6.07, 6.45) is 3.82. The number of nitrogens with zero attached hydrogens (tertiary/aromatic N) is 5. The molecule has 0 amide bonds. The molecule has 2 aromatic carbocycles. The molecule has 2 unspecified atom stereocenters. The maximum absolute atomic E-state index is 14.3. The van der Waals surface area contributed by atoms with Crippen LogP contribution < -0.4 is 5.32 Å². The Morgan fingerprint density at radius 2 is 1.86 bits per heavy atom. The average molecular weight is 466 g/mol. The van der Waals surface area contributed by atoms with E-state index in [1.807, 2.05) is 12.1 Å². The molecule has 4 heterocycles. The zero-order valence-electron chi connectivity index (χ0n) is 18.3. The van der Waals surface area contributed by atoms with Gasteiger partial charge in [-0.15, -0.1) is 0 Å². The Morgan fingerprint density at radius 1 is 1.06 bits per heavy atom. The van der Waals surface area contributed by atoms with E-state index in [-0.39, 0.29) is 12.4 Å². The highest BCUT2D eigenvalue weighted by Gasteiger charge is 2.48. The summed E-state index contributed by atoms with van der Waals surface area (Å²) < 4.78 is 15.9. The number of aliphatic hydroxyl groups is 1. The van der Waals surface area contributed by atoms with Gasteiger partial charge in [0.25, 0.3) is 0 Å². The highest BCUT2D eigenvalue weighted by molar-refractivity contribution is 5.89. The van der Waals surface area contributed by atoms with Crippen molar-refractivity contribution in [2.75, 3.05) is 5.32 Å².